The fraction of sp³-hybridized carbons (Fsp3) is 0.231. The minimum absolute atomic E-state index is 0.163. The summed E-state index contributed by atoms with van der Waals surface area (Å²) in [4.78, 5) is 9.67. The number of hydrogen-bond acceptors (Lipinski definition) is 6. The van der Waals surface area contributed by atoms with Crippen molar-refractivity contribution < 1.29 is 9.15 Å². The predicted molar refractivity (Wildman–Crippen MR) is 125 cm³/mol. The Morgan fingerprint density at radius 1 is 0.875 bits per heavy atom. The van der Waals surface area contributed by atoms with Gasteiger partial charge in [-0.3, -0.25) is 0 Å². The molecular formula is C26H26N4O2. The van der Waals surface area contributed by atoms with Crippen molar-refractivity contribution in [3.05, 3.63) is 78.9 Å². The standard InChI is InChI=1S/C26H26N4O2/c27-15-18-1-3-20(4-2-18)25-26(21-7-5-19(6-8-21)22-11-14-31-17-22)30-24(16-29-25)32-23-9-12-28-13-10-23/h1-8,11,14,16-17,23,28H,9-10,12-13,15,27H2. The van der Waals surface area contributed by atoms with Crippen LogP contribution in [0.25, 0.3) is 33.6 Å². The molecule has 2 aromatic carbocycles. The van der Waals surface area contributed by atoms with Gasteiger partial charge in [0.2, 0.25) is 5.88 Å². The Kier molecular flexibility index (Phi) is 5.96. The Balaban J connectivity index is 1.52. The highest BCUT2D eigenvalue weighted by atomic mass is 16.5. The van der Waals surface area contributed by atoms with Crippen molar-refractivity contribution in [1.82, 2.24) is 15.3 Å². The van der Waals surface area contributed by atoms with Crippen molar-refractivity contribution in [2.24, 2.45) is 5.73 Å². The van der Waals surface area contributed by atoms with Gasteiger partial charge in [-0.15, -0.1) is 0 Å². The zero-order chi connectivity index (χ0) is 21.8. The van der Waals surface area contributed by atoms with Gasteiger partial charge in [-0.25, -0.2) is 9.97 Å². The second kappa shape index (κ2) is 9.34. The Morgan fingerprint density at radius 2 is 1.56 bits per heavy atom. The van der Waals surface area contributed by atoms with Crippen molar-refractivity contribution >= 4 is 0 Å². The van der Waals surface area contributed by atoms with Gasteiger partial charge in [0.25, 0.3) is 0 Å². The van der Waals surface area contributed by atoms with E-state index < -0.39 is 0 Å². The van der Waals surface area contributed by atoms with Gasteiger partial charge in [-0.2, -0.15) is 0 Å². The van der Waals surface area contributed by atoms with Crippen LogP contribution in [0.3, 0.4) is 0 Å². The number of hydrogen-bond donors (Lipinski definition) is 2. The largest absolute Gasteiger partial charge is 0.473 e. The molecule has 0 aliphatic carbocycles. The topological polar surface area (TPSA) is 86.2 Å². The van der Waals surface area contributed by atoms with Crippen molar-refractivity contribution in [1.29, 1.82) is 0 Å². The fourth-order valence-electron chi connectivity index (χ4n) is 3.97. The first-order chi connectivity index (χ1) is 15.8. The van der Waals surface area contributed by atoms with E-state index in [9.17, 15) is 0 Å². The monoisotopic (exact) mass is 426 g/mol. The molecule has 0 spiro atoms. The molecule has 5 rings (SSSR count). The lowest BCUT2D eigenvalue weighted by atomic mass is 10.0. The molecule has 4 aromatic rings. The molecule has 2 aromatic heterocycles. The Labute approximate surface area is 187 Å². The molecule has 0 radical (unpaired) electrons. The Morgan fingerprint density at radius 3 is 2.25 bits per heavy atom. The minimum Gasteiger partial charge on any atom is -0.473 e. The molecule has 1 aliphatic heterocycles. The second-order valence-corrected chi connectivity index (χ2v) is 7.96. The molecule has 1 fully saturated rings. The molecular weight excluding hydrogens is 400 g/mol. The van der Waals surface area contributed by atoms with E-state index in [4.69, 9.17) is 24.9 Å². The third kappa shape index (κ3) is 4.42. The summed E-state index contributed by atoms with van der Waals surface area (Å²) in [5, 5.41) is 3.36. The number of ether oxygens (including phenoxy) is 1. The minimum atomic E-state index is 0.163. The first kappa shape index (κ1) is 20.4. The molecule has 32 heavy (non-hydrogen) atoms. The number of nitrogens with two attached hydrogens (primary N) is 1. The lowest BCUT2D eigenvalue weighted by Gasteiger charge is -2.23. The lowest BCUT2D eigenvalue weighted by Crippen LogP contribution is -2.34. The molecule has 0 unspecified atom stereocenters. The van der Waals surface area contributed by atoms with Gasteiger partial charge in [-0.05, 0) is 43.1 Å². The van der Waals surface area contributed by atoms with Crippen LogP contribution in [0.2, 0.25) is 0 Å². The summed E-state index contributed by atoms with van der Waals surface area (Å²) in [5.74, 6) is 0.563. The van der Waals surface area contributed by atoms with Crippen molar-refractivity contribution in [3.63, 3.8) is 0 Å². The molecule has 0 amide bonds. The van der Waals surface area contributed by atoms with Crippen LogP contribution in [0.5, 0.6) is 5.88 Å². The number of benzene rings is 2. The predicted octanol–water partition coefficient (Wildman–Crippen LogP) is 4.66. The highest BCUT2D eigenvalue weighted by Crippen LogP contribution is 2.32. The number of rotatable bonds is 6. The molecule has 6 heteroatoms. The molecule has 0 bridgehead atoms. The number of piperidine rings is 1. The molecule has 1 saturated heterocycles. The summed E-state index contributed by atoms with van der Waals surface area (Å²) in [6.07, 6.45) is 7.26. The van der Waals surface area contributed by atoms with Gasteiger partial charge in [0, 0.05) is 23.2 Å². The number of aromatic nitrogens is 2. The average molecular weight is 427 g/mol. The first-order valence-corrected chi connectivity index (χ1v) is 11.0. The van der Waals surface area contributed by atoms with Crippen LogP contribution in [0.1, 0.15) is 18.4 Å². The summed E-state index contributed by atoms with van der Waals surface area (Å²) in [6.45, 7) is 2.44. The maximum Gasteiger partial charge on any atom is 0.233 e. The van der Waals surface area contributed by atoms with E-state index in [1.807, 2.05) is 30.3 Å². The lowest BCUT2D eigenvalue weighted by molar-refractivity contribution is 0.155. The van der Waals surface area contributed by atoms with E-state index in [1.54, 1.807) is 18.7 Å². The Bertz CT molecular complexity index is 1150. The van der Waals surface area contributed by atoms with Crippen molar-refractivity contribution in [2.75, 3.05) is 13.1 Å². The molecule has 162 valence electrons. The van der Waals surface area contributed by atoms with Crippen LogP contribution in [0.15, 0.2) is 77.7 Å². The highest BCUT2D eigenvalue weighted by molar-refractivity contribution is 5.79. The second-order valence-electron chi connectivity index (χ2n) is 7.96. The van der Waals surface area contributed by atoms with Gasteiger partial charge in [0.05, 0.1) is 24.4 Å². The van der Waals surface area contributed by atoms with E-state index in [2.05, 4.69) is 29.6 Å². The van der Waals surface area contributed by atoms with E-state index in [0.717, 1.165) is 65.1 Å². The third-order valence-corrected chi connectivity index (χ3v) is 5.80. The SMILES string of the molecule is NCc1ccc(-c2ncc(OC3CCNCC3)nc2-c2ccc(-c3ccoc3)cc2)cc1. The molecule has 1 aliphatic rings. The summed E-state index contributed by atoms with van der Waals surface area (Å²) >= 11 is 0. The van der Waals surface area contributed by atoms with Gasteiger partial charge in [0.15, 0.2) is 0 Å². The quantitative estimate of drug-likeness (QED) is 0.466. The van der Waals surface area contributed by atoms with Crippen LogP contribution < -0.4 is 15.8 Å². The van der Waals surface area contributed by atoms with Gasteiger partial charge in [-0.1, -0.05) is 48.5 Å². The smallest absolute Gasteiger partial charge is 0.233 e. The van der Waals surface area contributed by atoms with E-state index >= 15 is 0 Å². The van der Waals surface area contributed by atoms with Crippen molar-refractivity contribution in [3.8, 4) is 39.5 Å². The first-order valence-electron chi connectivity index (χ1n) is 11.0. The van der Waals surface area contributed by atoms with Gasteiger partial charge >= 0.3 is 0 Å². The van der Waals surface area contributed by atoms with Crippen LogP contribution in [-0.4, -0.2) is 29.2 Å². The van der Waals surface area contributed by atoms with Crippen LogP contribution in [-0.2, 0) is 6.54 Å². The fourth-order valence-corrected chi connectivity index (χ4v) is 3.97. The number of nitrogens with zero attached hydrogens (tertiary/aromatic N) is 2. The van der Waals surface area contributed by atoms with E-state index in [-0.39, 0.29) is 6.10 Å². The average Bonchev–Trinajstić information content (AvgIpc) is 3.40. The van der Waals surface area contributed by atoms with Crippen LogP contribution >= 0.6 is 0 Å². The summed E-state index contributed by atoms with van der Waals surface area (Å²) in [5.41, 5.74) is 12.6. The van der Waals surface area contributed by atoms with Crippen LogP contribution in [0.4, 0.5) is 0 Å². The van der Waals surface area contributed by atoms with Crippen LogP contribution in [0, 0.1) is 0 Å². The number of furan rings is 1. The number of nitrogens with one attached hydrogen (secondary N) is 1. The zero-order valence-electron chi connectivity index (χ0n) is 17.8. The zero-order valence-corrected chi connectivity index (χ0v) is 17.8. The molecule has 3 N–H and O–H groups in total. The van der Waals surface area contributed by atoms with Gasteiger partial charge in [0.1, 0.15) is 11.8 Å². The molecule has 3 heterocycles. The molecule has 0 saturated carbocycles. The maximum absolute atomic E-state index is 6.18. The summed E-state index contributed by atoms with van der Waals surface area (Å²) in [7, 11) is 0. The van der Waals surface area contributed by atoms with E-state index in [1.165, 1.54) is 0 Å². The highest BCUT2D eigenvalue weighted by Gasteiger charge is 2.18. The van der Waals surface area contributed by atoms with Gasteiger partial charge < -0.3 is 20.2 Å². The van der Waals surface area contributed by atoms with E-state index in [0.29, 0.717) is 12.4 Å². The maximum atomic E-state index is 6.18. The van der Waals surface area contributed by atoms with Crippen molar-refractivity contribution in [2.45, 2.75) is 25.5 Å². The molecule has 6 nitrogen and oxygen atoms in total. The third-order valence-electron chi connectivity index (χ3n) is 5.80. The Hall–Kier alpha value is -3.48. The normalized spacial score (nSPS) is 14.4. The molecule has 0 atom stereocenters. The summed E-state index contributed by atoms with van der Waals surface area (Å²) < 4.78 is 11.4. The summed E-state index contributed by atoms with van der Waals surface area (Å²) in [6, 6.07) is 18.4.